The van der Waals surface area contributed by atoms with Gasteiger partial charge in [0.1, 0.15) is 5.82 Å². The van der Waals surface area contributed by atoms with Gasteiger partial charge in [-0.05, 0) is 65.9 Å². The summed E-state index contributed by atoms with van der Waals surface area (Å²) in [5.41, 5.74) is 4.54. The Balaban J connectivity index is 1.92. The van der Waals surface area contributed by atoms with E-state index in [1.807, 2.05) is 18.2 Å². The van der Waals surface area contributed by atoms with Gasteiger partial charge in [-0.25, -0.2) is 4.39 Å². The highest BCUT2D eigenvalue weighted by molar-refractivity contribution is 9.10. The Morgan fingerprint density at radius 2 is 1.96 bits per heavy atom. The summed E-state index contributed by atoms with van der Waals surface area (Å²) in [6, 6.07) is 12.8. The number of hydrogen-bond donors (Lipinski definition) is 0. The highest BCUT2D eigenvalue weighted by Crippen LogP contribution is 2.40. The molecule has 2 aromatic carbocycles. The van der Waals surface area contributed by atoms with Crippen molar-refractivity contribution in [2.75, 3.05) is 5.75 Å². The quantitative estimate of drug-likeness (QED) is 0.695. The van der Waals surface area contributed by atoms with Crippen molar-refractivity contribution in [3.63, 3.8) is 0 Å². The van der Waals surface area contributed by atoms with Gasteiger partial charge in [-0.15, -0.1) is 11.8 Å². The first-order valence-electron chi connectivity index (χ1n) is 7.38. The van der Waals surface area contributed by atoms with Crippen LogP contribution in [0.4, 0.5) is 4.39 Å². The standard InChI is InChI=1S/C19H16BrFOS/c1-12-8-16(20)5-2-14(12)9-15-10-18(22)11-23-19(15)13-3-6-17(21)7-4-13/h2-8,10,19H,9,11H2,1H3. The normalized spacial score (nSPS) is 18.0. The van der Waals surface area contributed by atoms with Gasteiger partial charge in [0.2, 0.25) is 0 Å². The Morgan fingerprint density at radius 3 is 2.65 bits per heavy atom. The Bertz CT molecular complexity index is 767. The molecule has 0 saturated heterocycles. The lowest BCUT2D eigenvalue weighted by Crippen LogP contribution is -2.14. The first kappa shape index (κ1) is 16.5. The number of aryl methyl sites for hydroxylation is 1. The highest BCUT2D eigenvalue weighted by atomic mass is 79.9. The summed E-state index contributed by atoms with van der Waals surface area (Å²) < 4.78 is 14.2. The average Bonchev–Trinajstić information content (AvgIpc) is 2.51. The monoisotopic (exact) mass is 390 g/mol. The first-order valence-corrected chi connectivity index (χ1v) is 9.22. The van der Waals surface area contributed by atoms with Gasteiger partial charge >= 0.3 is 0 Å². The summed E-state index contributed by atoms with van der Waals surface area (Å²) in [6.45, 7) is 2.07. The van der Waals surface area contributed by atoms with E-state index in [0.29, 0.717) is 5.75 Å². The van der Waals surface area contributed by atoms with Crippen molar-refractivity contribution in [3.05, 3.63) is 81.1 Å². The lowest BCUT2D eigenvalue weighted by molar-refractivity contribution is -0.112. The van der Waals surface area contributed by atoms with E-state index >= 15 is 0 Å². The van der Waals surface area contributed by atoms with Gasteiger partial charge in [0.05, 0.1) is 11.0 Å². The summed E-state index contributed by atoms with van der Waals surface area (Å²) in [7, 11) is 0. The van der Waals surface area contributed by atoms with E-state index in [9.17, 15) is 9.18 Å². The zero-order valence-electron chi connectivity index (χ0n) is 12.7. The maximum absolute atomic E-state index is 13.2. The maximum atomic E-state index is 13.2. The van der Waals surface area contributed by atoms with E-state index in [2.05, 4.69) is 35.0 Å². The van der Waals surface area contributed by atoms with E-state index in [1.54, 1.807) is 17.8 Å². The van der Waals surface area contributed by atoms with Crippen molar-refractivity contribution < 1.29 is 9.18 Å². The minimum absolute atomic E-state index is 0.108. The number of benzene rings is 2. The van der Waals surface area contributed by atoms with Crippen molar-refractivity contribution in [2.45, 2.75) is 18.6 Å². The van der Waals surface area contributed by atoms with Crippen molar-refractivity contribution in [1.29, 1.82) is 0 Å². The Labute approximate surface area is 148 Å². The maximum Gasteiger partial charge on any atom is 0.165 e. The third-order valence-electron chi connectivity index (χ3n) is 3.95. The third kappa shape index (κ3) is 3.93. The van der Waals surface area contributed by atoms with Crippen LogP contribution in [-0.4, -0.2) is 11.5 Å². The number of allylic oxidation sites excluding steroid dienone is 1. The van der Waals surface area contributed by atoms with Gasteiger partial charge in [0.15, 0.2) is 5.78 Å². The number of hydrogen-bond acceptors (Lipinski definition) is 2. The Hall–Kier alpha value is -1.39. The topological polar surface area (TPSA) is 17.1 Å². The predicted molar refractivity (Wildman–Crippen MR) is 97.3 cm³/mol. The highest BCUT2D eigenvalue weighted by Gasteiger charge is 2.24. The fourth-order valence-electron chi connectivity index (χ4n) is 2.77. The van der Waals surface area contributed by atoms with Crippen molar-refractivity contribution in [2.24, 2.45) is 0 Å². The molecule has 1 aliphatic rings. The minimum atomic E-state index is -0.236. The molecule has 0 N–H and O–H groups in total. The predicted octanol–water partition coefficient (Wildman–Crippen LogP) is 5.42. The molecule has 2 aromatic rings. The molecule has 23 heavy (non-hydrogen) atoms. The van der Waals surface area contributed by atoms with E-state index in [-0.39, 0.29) is 16.9 Å². The van der Waals surface area contributed by atoms with Crippen LogP contribution in [0.2, 0.25) is 0 Å². The average molecular weight is 391 g/mol. The molecule has 0 radical (unpaired) electrons. The van der Waals surface area contributed by atoms with E-state index in [4.69, 9.17) is 0 Å². The number of ketones is 1. The van der Waals surface area contributed by atoms with Gasteiger partial charge in [-0.2, -0.15) is 0 Å². The van der Waals surface area contributed by atoms with Crippen molar-refractivity contribution >= 4 is 33.5 Å². The lowest BCUT2D eigenvalue weighted by Gasteiger charge is -2.24. The van der Waals surface area contributed by atoms with Gasteiger partial charge < -0.3 is 0 Å². The molecule has 0 saturated carbocycles. The second-order valence-corrected chi connectivity index (χ2v) is 7.68. The molecule has 1 aliphatic heterocycles. The summed E-state index contributed by atoms with van der Waals surface area (Å²) >= 11 is 5.10. The van der Waals surface area contributed by atoms with Crippen molar-refractivity contribution in [1.82, 2.24) is 0 Å². The molecule has 1 unspecified atom stereocenters. The van der Waals surface area contributed by atoms with Gasteiger partial charge in [0, 0.05) is 4.47 Å². The van der Waals surface area contributed by atoms with E-state index < -0.39 is 0 Å². The Kier molecular flexibility index (Phi) is 5.02. The van der Waals surface area contributed by atoms with Crippen LogP contribution in [-0.2, 0) is 11.2 Å². The fraction of sp³-hybridized carbons (Fsp3) is 0.211. The van der Waals surface area contributed by atoms with Gasteiger partial charge in [0.25, 0.3) is 0 Å². The molecule has 0 aliphatic carbocycles. The molecule has 0 bridgehead atoms. The van der Waals surface area contributed by atoms with Crippen LogP contribution in [0.1, 0.15) is 21.9 Å². The third-order valence-corrected chi connectivity index (χ3v) is 5.80. The van der Waals surface area contributed by atoms with Crippen LogP contribution in [0, 0.1) is 12.7 Å². The summed E-state index contributed by atoms with van der Waals surface area (Å²) in [5.74, 6) is 0.392. The molecule has 1 atom stereocenters. The number of carbonyl (C=O) groups excluding carboxylic acids is 1. The molecule has 0 amide bonds. The SMILES string of the molecule is Cc1cc(Br)ccc1CC1=CC(=O)CSC1c1ccc(F)cc1. The summed E-state index contributed by atoms with van der Waals surface area (Å²) in [4.78, 5) is 11.9. The molecule has 1 nitrogen and oxygen atoms in total. The zero-order chi connectivity index (χ0) is 16.4. The molecule has 0 aromatic heterocycles. The number of carbonyl (C=O) groups is 1. The molecule has 0 fully saturated rings. The van der Waals surface area contributed by atoms with Crippen LogP contribution in [0.15, 0.2) is 58.6 Å². The largest absolute Gasteiger partial charge is 0.294 e. The van der Waals surface area contributed by atoms with Crippen LogP contribution in [0.25, 0.3) is 0 Å². The zero-order valence-corrected chi connectivity index (χ0v) is 15.1. The minimum Gasteiger partial charge on any atom is -0.294 e. The Morgan fingerprint density at radius 1 is 1.22 bits per heavy atom. The molecule has 4 heteroatoms. The molecular formula is C19H16BrFOS. The second kappa shape index (κ2) is 7.02. The first-order chi connectivity index (χ1) is 11.0. The number of halogens is 2. The van der Waals surface area contributed by atoms with Crippen LogP contribution in [0.3, 0.4) is 0 Å². The number of thioether (sulfide) groups is 1. The van der Waals surface area contributed by atoms with Crippen LogP contribution in [0.5, 0.6) is 0 Å². The van der Waals surface area contributed by atoms with Crippen LogP contribution >= 0.6 is 27.7 Å². The van der Waals surface area contributed by atoms with Gasteiger partial charge in [-0.3, -0.25) is 4.79 Å². The molecular weight excluding hydrogens is 375 g/mol. The van der Waals surface area contributed by atoms with Crippen LogP contribution < -0.4 is 0 Å². The molecule has 0 spiro atoms. The van der Waals surface area contributed by atoms with E-state index in [0.717, 1.165) is 22.0 Å². The second-order valence-electron chi connectivity index (χ2n) is 5.68. The summed E-state index contributed by atoms with van der Waals surface area (Å²) in [5, 5.41) is 0.108. The molecule has 3 rings (SSSR count). The smallest absolute Gasteiger partial charge is 0.165 e. The lowest BCUT2D eigenvalue weighted by atomic mass is 9.94. The van der Waals surface area contributed by atoms with Crippen molar-refractivity contribution in [3.8, 4) is 0 Å². The fourth-order valence-corrected chi connectivity index (χ4v) is 4.37. The molecule has 1 heterocycles. The molecule has 118 valence electrons. The van der Waals surface area contributed by atoms with Gasteiger partial charge in [-0.1, -0.05) is 34.1 Å². The van der Waals surface area contributed by atoms with E-state index in [1.165, 1.54) is 23.3 Å². The summed E-state index contributed by atoms with van der Waals surface area (Å²) in [6.07, 6.45) is 2.51. The number of rotatable bonds is 3.